The third-order valence-corrected chi connectivity index (χ3v) is 4.47. The van der Waals surface area contributed by atoms with Gasteiger partial charge in [0.15, 0.2) is 0 Å². The van der Waals surface area contributed by atoms with Crippen LogP contribution >= 0.6 is 35.2 Å². The van der Waals surface area contributed by atoms with Crippen molar-refractivity contribution in [3.05, 3.63) is 20.8 Å². The fourth-order valence-corrected chi connectivity index (χ4v) is 2.85. The van der Waals surface area contributed by atoms with Crippen LogP contribution in [0.1, 0.15) is 35.5 Å². The molecule has 0 aliphatic rings. The average Bonchev–Trinajstić information content (AvgIpc) is 2.58. The first-order valence-corrected chi connectivity index (χ1v) is 7.34. The maximum Gasteiger partial charge on any atom is 0.265 e. The fourth-order valence-electron chi connectivity index (χ4n) is 1.53. The standard InChI is InChI=1S/C12H17ClN2OS2/c1-7(2)15(5-4-9(14)17)12(16)11-10(13)8(3)6-18-11/h6-7H,4-5H2,1-3H3,(H2,14,17). The van der Waals surface area contributed by atoms with Gasteiger partial charge in [0.1, 0.15) is 4.88 Å². The summed E-state index contributed by atoms with van der Waals surface area (Å²) in [6.45, 7) is 6.35. The minimum absolute atomic E-state index is 0.0515. The van der Waals surface area contributed by atoms with Crippen LogP contribution in [0.3, 0.4) is 0 Å². The number of nitrogens with two attached hydrogens (primary N) is 1. The van der Waals surface area contributed by atoms with Crippen molar-refractivity contribution in [3.8, 4) is 0 Å². The summed E-state index contributed by atoms with van der Waals surface area (Å²) in [6.07, 6.45) is 0.529. The molecule has 0 aliphatic heterocycles. The van der Waals surface area contributed by atoms with Crippen LogP contribution in [-0.2, 0) is 0 Å². The topological polar surface area (TPSA) is 46.3 Å². The Morgan fingerprint density at radius 1 is 1.61 bits per heavy atom. The number of thiocarbonyl (C=S) groups is 1. The molecule has 0 saturated carbocycles. The number of nitrogens with zero attached hydrogens (tertiary/aromatic N) is 1. The molecule has 2 N–H and O–H groups in total. The molecule has 0 aromatic carbocycles. The SMILES string of the molecule is Cc1csc(C(=O)N(CCC(N)=S)C(C)C)c1Cl. The van der Waals surface area contributed by atoms with Crippen LogP contribution in [0.15, 0.2) is 5.38 Å². The van der Waals surface area contributed by atoms with Gasteiger partial charge in [-0.15, -0.1) is 11.3 Å². The van der Waals surface area contributed by atoms with Crippen molar-refractivity contribution in [1.29, 1.82) is 0 Å². The van der Waals surface area contributed by atoms with Crippen molar-refractivity contribution in [2.45, 2.75) is 33.2 Å². The van der Waals surface area contributed by atoms with Crippen LogP contribution in [0.2, 0.25) is 5.02 Å². The first-order chi connectivity index (χ1) is 8.34. The number of halogens is 1. The number of carbonyl (C=O) groups excluding carboxylic acids is 1. The summed E-state index contributed by atoms with van der Waals surface area (Å²) in [6, 6.07) is 0.0883. The second-order valence-corrected chi connectivity index (χ2v) is 6.15. The summed E-state index contributed by atoms with van der Waals surface area (Å²) in [5.74, 6) is -0.0515. The molecule has 6 heteroatoms. The van der Waals surface area contributed by atoms with Gasteiger partial charge in [0.2, 0.25) is 0 Å². The molecule has 0 aliphatic carbocycles. The van der Waals surface area contributed by atoms with E-state index in [1.54, 1.807) is 4.90 Å². The van der Waals surface area contributed by atoms with Gasteiger partial charge in [-0.25, -0.2) is 0 Å². The summed E-state index contributed by atoms with van der Waals surface area (Å²) < 4.78 is 0. The van der Waals surface area contributed by atoms with E-state index in [4.69, 9.17) is 29.6 Å². The molecule has 3 nitrogen and oxygen atoms in total. The van der Waals surface area contributed by atoms with E-state index in [1.807, 2.05) is 26.2 Å². The van der Waals surface area contributed by atoms with Gasteiger partial charge in [-0.1, -0.05) is 23.8 Å². The predicted octanol–water partition coefficient (Wildman–Crippen LogP) is 3.24. The van der Waals surface area contributed by atoms with Crippen molar-refractivity contribution in [2.75, 3.05) is 6.54 Å². The van der Waals surface area contributed by atoms with Gasteiger partial charge in [0, 0.05) is 19.0 Å². The lowest BCUT2D eigenvalue weighted by molar-refractivity contribution is 0.0717. The highest BCUT2D eigenvalue weighted by atomic mass is 35.5. The van der Waals surface area contributed by atoms with Crippen LogP contribution < -0.4 is 5.73 Å². The maximum atomic E-state index is 12.4. The quantitative estimate of drug-likeness (QED) is 0.850. The minimum atomic E-state index is -0.0515. The summed E-state index contributed by atoms with van der Waals surface area (Å²) in [5, 5.41) is 2.44. The molecule has 0 radical (unpaired) electrons. The summed E-state index contributed by atoms with van der Waals surface area (Å²) in [7, 11) is 0. The average molecular weight is 305 g/mol. The predicted molar refractivity (Wildman–Crippen MR) is 81.6 cm³/mol. The van der Waals surface area contributed by atoms with Crippen molar-refractivity contribution in [2.24, 2.45) is 5.73 Å². The molecule has 100 valence electrons. The normalized spacial score (nSPS) is 10.7. The number of carbonyl (C=O) groups is 1. The second kappa shape index (κ2) is 6.50. The van der Waals surface area contributed by atoms with E-state index in [9.17, 15) is 4.79 Å². The van der Waals surface area contributed by atoms with Crippen molar-refractivity contribution >= 4 is 46.1 Å². The zero-order chi connectivity index (χ0) is 13.9. The number of thiophene rings is 1. The van der Waals surface area contributed by atoms with Gasteiger partial charge in [-0.3, -0.25) is 4.79 Å². The van der Waals surface area contributed by atoms with Crippen LogP contribution in [-0.4, -0.2) is 28.4 Å². The molecule has 0 bridgehead atoms. The van der Waals surface area contributed by atoms with Gasteiger partial charge < -0.3 is 10.6 Å². The monoisotopic (exact) mass is 304 g/mol. The van der Waals surface area contributed by atoms with Crippen LogP contribution in [0.4, 0.5) is 0 Å². The number of hydrogen-bond acceptors (Lipinski definition) is 3. The molecule has 1 aromatic heterocycles. The van der Waals surface area contributed by atoms with Crippen LogP contribution in [0, 0.1) is 6.92 Å². The van der Waals surface area contributed by atoms with Gasteiger partial charge >= 0.3 is 0 Å². The van der Waals surface area contributed by atoms with E-state index < -0.39 is 0 Å². The first-order valence-electron chi connectivity index (χ1n) is 5.67. The minimum Gasteiger partial charge on any atom is -0.393 e. The highest BCUT2D eigenvalue weighted by molar-refractivity contribution is 7.80. The smallest absolute Gasteiger partial charge is 0.265 e. The Hall–Kier alpha value is -0.650. The molecular formula is C12H17ClN2OS2. The second-order valence-electron chi connectivity index (χ2n) is 4.37. The lowest BCUT2D eigenvalue weighted by Crippen LogP contribution is -2.38. The molecule has 1 rings (SSSR count). The zero-order valence-corrected chi connectivity index (χ0v) is 13.1. The van der Waals surface area contributed by atoms with Crippen LogP contribution in [0.25, 0.3) is 0 Å². The Morgan fingerprint density at radius 2 is 2.22 bits per heavy atom. The molecule has 0 saturated heterocycles. The largest absolute Gasteiger partial charge is 0.393 e. The lowest BCUT2D eigenvalue weighted by atomic mass is 10.2. The van der Waals surface area contributed by atoms with Crippen molar-refractivity contribution in [1.82, 2.24) is 4.90 Å². The molecular weight excluding hydrogens is 288 g/mol. The molecule has 1 heterocycles. The number of aryl methyl sites for hydroxylation is 1. The Morgan fingerprint density at radius 3 is 2.61 bits per heavy atom. The lowest BCUT2D eigenvalue weighted by Gasteiger charge is -2.26. The molecule has 0 fully saturated rings. The first kappa shape index (κ1) is 15.4. The van der Waals surface area contributed by atoms with E-state index in [0.29, 0.717) is 27.9 Å². The van der Waals surface area contributed by atoms with Gasteiger partial charge in [-0.05, 0) is 31.7 Å². The van der Waals surface area contributed by atoms with E-state index in [2.05, 4.69) is 0 Å². The molecule has 0 atom stereocenters. The molecule has 1 amide bonds. The molecule has 0 unspecified atom stereocenters. The van der Waals surface area contributed by atoms with E-state index in [1.165, 1.54) is 11.3 Å². The highest BCUT2D eigenvalue weighted by Gasteiger charge is 2.23. The Labute approximate surface area is 122 Å². The summed E-state index contributed by atoms with van der Waals surface area (Å²) in [4.78, 5) is 15.2. The Kier molecular flexibility index (Phi) is 5.56. The summed E-state index contributed by atoms with van der Waals surface area (Å²) >= 11 is 12.4. The highest BCUT2D eigenvalue weighted by Crippen LogP contribution is 2.28. The Bertz CT molecular complexity index is 457. The third-order valence-electron chi connectivity index (χ3n) is 2.58. The maximum absolute atomic E-state index is 12.4. The molecule has 18 heavy (non-hydrogen) atoms. The number of hydrogen-bond donors (Lipinski definition) is 1. The number of rotatable bonds is 5. The van der Waals surface area contributed by atoms with E-state index >= 15 is 0 Å². The number of amides is 1. The van der Waals surface area contributed by atoms with Crippen LogP contribution in [0.5, 0.6) is 0 Å². The van der Waals surface area contributed by atoms with E-state index in [-0.39, 0.29) is 11.9 Å². The van der Waals surface area contributed by atoms with Crippen molar-refractivity contribution in [3.63, 3.8) is 0 Å². The van der Waals surface area contributed by atoms with E-state index in [0.717, 1.165) is 5.56 Å². The van der Waals surface area contributed by atoms with Gasteiger partial charge in [0.25, 0.3) is 5.91 Å². The third kappa shape index (κ3) is 3.67. The van der Waals surface area contributed by atoms with Gasteiger partial charge in [0.05, 0.1) is 10.0 Å². The van der Waals surface area contributed by atoms with Crippen molar-refractivity contribution < 1.29 is 4.79 Å². The zero-order valence-electron chi connectivity index (χ0n) is 10.7. The Balaban J connectivity index is 2.89. The molecule has 1 aromatic rings. The van der Waals surface area contributed by atoms with Gasteiger partial charge in [-0.2, -0.15) is 0 Å². The summed E-state index contributed by atoms with van der Waals surface area (Å²) in [5.41, 5.74) is 6.42. The molecule has 0 spiro atoms. The fraction of sp³-hybridized carbons (Fsp3) is 0.500.